The summed E-state index contributed by atoms with van der Waals surface area (Å²) >= 11 is 0. The third kappa shape index (κ3) is 11.0. The van der Waals surface area contributed by atoms with Crippen LogP contribution in [0.5, 0.6) is 0 Å². The van der Waals surface area contributed by atoms with Crippen LogP contribution in [0.1, 0.15) is 20.8 Å². The molecule has 0 radical (unpaired) electrons. The van der Waals surface area contributed by atoms with Crippen LogP contribution in [0.15, 0.2) is 0 Å². The molecule has 0 saturated heterocycles. The summed E-state index contributed by atoms with van der Waals surface area (Å²) in [5.41, 5.74) is -0.492. The second-order valence-electron chi connectivity index (χ2n) is 3.88. The van der Waals surface area contributed by atoms with E-state index in [9.17, 15) is 9.59 Å². The number of hydrogen-bond donors (Lipinski definition) is 0. The van der Waals surface area contributed by atoms with Crippen molar-refractivity contribution in [2.45, 2.75) is 26.4 Å². The van der Waals surface area contributed by atoms with Gasteiger partial charge in [0.25, 0.3) is 0 Å². The number of aldehydes is 1. The van der Waals surface area contributed by atoms with Crippen molar-refractivity contribution >= 4 is 12.3 Å². The summed E-state index contributed by atoms with van der Waals surface area (Å²) < 4.78 is 14.8. The number of rotatable bonds is 7. The molecule has 0 bridgehead atoms. The summed E-state index contributed by atoms with van der Waals surface area (Å²) in [5, 5.41) is 0. The highest BCUT2D eigenvalue weighted by Gasteiger charge is 2.15. The van der Waals surface area contributed by atoms with Gasteiger partial charge in [0.1, 0.15) is 25.1 Å². The van der Waals surface area contributed by atoms with Crippen LogP contribution in [0, 0.1) is 0 Å². The number of carbonyl (C=O) groups excluding carboxylic acids is 2. The van der Waals surface area contributed by atoms with Crippen molar-refractivity contribution in [3.05, 3.63) is 0 Å². The fourth-order valence-electron chi connectivity index (χ4n) is 0.776. The van der Waals surface area contributed by atoms with Crippen molar-refractivity contribution in [2.75, 3.05) is 26.4 Å². The van der Waals surface area contributed by atoms with Crippen molar-refractivity contribution in [3.8, 4) is 0 Å². The molecule has 0 saturated carbocycles. The fraction of sp³-hybridized carbons (Fsp3) is 0.800. The van der Waals surface area contributed by atoms with Crippen LogP contribution in [0.3, 0.4) is 0 Å². The fourth-order valence-corrected chi connectivity index (χ4v) is 0.776. The van der Waals surface area contributed by atoms with Gasteiger partial charge in [0.15, 0.2) is 0 Å². The molecule has 0 aliphatic carbocycles. The smallest absolute Gasteiger partial charge is 0.332 e. The van der Waals surface area contributed by atoms with E-state index in [1.165, 1.54) is 0 Å². The molecule has 0 aromatic heterocycles. The molecule has 0 amide bonds. The first-order chi connectivity index (χ1) is 6.95. The molecule has 0 rings (SSSR count). The summed E-state index contributed by atoms with van der Waals surface area (Å²) in [4.78, 5) is 21.0. The average Bonchev–Trinajstić information content (AvgIpc) is 2.08. The second kappa shape index (κ2) is 7.36. The van der Waals surface area contributed by atoms with Gasteiger partial charge in [-0.2, -0.15) is 0 Å². The maximum atomic E-state index is 11.1. The van der Waals surface area contributed by atoms with E-state index in [0.717, 1.165) is 0 Å². The Morgan fingerprint density at radius 3 is 2.33 bits per heavy atom. The zero-order valence-corrected chi connectivity index (χ0v) is 9.45. The third-order valence-electron chi connectivity index (χ3n) is 1.20. The first kappa shape index (κ1) is 14.1. The maximum absolute atomic E-state index is 11.1. The topological polar surface area (TPSA) is 61.8 Å². The van der Waals surface area contributed by atoms with Gasteiger partial charge in [0.05, 0.1) is 13.2 Å². The van der Waals surface area contributed by atoms with Crippen LogP contribution in [-0.4, -0.2) is 44.3 Å². The first-order valence-corrected chi connectivity index (χ1v) is 4.76. The van der Waals surface area contributed by atoms with E-state index in [0.29, 0.717) is 12.9 Å². The van der Waals surface area contributed by atoms with Crippen LogP contribution in [0.2, 0.25) is 0 Å². The minimum absolute atomic E-state index is 0.0514. The van der Waals surface area contributed by atoms with Crippen LogP contribution < -0.4 is 0 Å². The summed E-state index contributed by atoms with van der Waals surface area (Å²) in [6.07, 6.45) is 0.661. The number of ether oxygens (including phenoxy) is 3. The monoisotopic (exact) mass is 218 g/mol. The predicted octanol–water partition coefficient (Wildman–Crippen LogP) is 0.560. The lowest BCUT2D eigenvalue weighted by Gasteiger charge is -2.19. The van der Waals surface area contributed by atoms with Gasteiger partial charge in [-0.3, -0.25) is 0 Å². The van der Waals surface area contributed by atoms with E-state index >= 15 is 0 Å². The molecule has 5 heteroatoms. The molecule has 0 aromatic carbocycles. The van der Waals surface area contributed by atoms with E-state index in [-0.39, 0.29) is 19.8 Å². The number of esters is 1. The molecule has 0 aromatic rings. The molecule has 5 nitrogen and oxygen atoms in total. The zero-order valence-electron chi connectivity index (χ0n) is 9.45. The normalized spacial score (nSPS) is 11.1. The minimum Gasteiger partial charge on any atom is -0.458 e. The van der Waals surface area contributed by atoms with Gasteiger partial charge < -0.3 is 19.0 Å². The predicted molar refractivity (Wildman–Crippen MR) is 53.5 cm³/mol. The zero-order chi connectivity index (χ0) is 11.7. The highest BCUT2D eigenvalue weighted by atomic mass is 16.6. The molecule has 0 N–H and O–H groups in total. The Hall–Kier alpha value is -0.940. The van der Waals surface area contributed by atoms with E-state index in [1.807, 2.05) is 0 Å². The number of hydrogen-bond acceptors (Lipinski definition) is 5. The van der Waals surface area contributed by atoms with E-state index in [2.05, 4.69) is 0 Å². The van der Waals surface area contributed by atoms with Gasteiger partial charge in [-0.15, -0.1) is 0 Å². The van der Waals surface area contributed by atoms with Crippen LogP contribution in [0.25, 0.3) is 0 Å². The lowest BCUT2D eigenvalue weighted by Crippen LogP contribution is -2.27. The highest BCUT2D eigenvalue weighted by Crippen LogP contribution is 2.06. The Bertz CT molecular complexity index is 194. The van der Waals surface area contributed by atoms with Crippen molar-refractivity contribution in [2.24, 2.45) is 0 Å². The molecule has 0 fully saturated rings. The summed E-state index contributed by atoms with van der Waals surface area (Å²) in [7, 11) is 0. The largest absolute Gasteiger partial charge is 0.458 e. The quantitative estimate of drug-likeness (QED) is 0.355. The number of carbonyl (C=O) groups is 2. The summed E-state index contributed by atoms with van der Waals surface area (Å²) in [6, 6.07) is 0. The SMILES string of the molecule is CC(C)(C)OC(=O)COCCOCC=O. The van der Waals surface area contributed by atoms with E-state index in [1.54, 1.807) is 20.8 Å². The lowest BCUT2D eigenvalue weighted by molar-refractivity contribution is -0.160. The van der Waals surface area contributed by atoms with Gasteiger partial charge in [-0.25, -0.2) is 4.79 Å². The molecule has 88 valence electrons. The van der Waals surface area contributed by atoms with E-state index < -0.39 is 11.6 Å². The molecular weight excluding hydrogens is 200 g/mol. The van der Waals surface area contributed by atoms with Crippen LogP contribution in [0.4, 0.5) is 0 Å². The van der Waals surface area contributed by atoms with Gasteiger partial charge in [-0.05, 0) is 20.8 Å². The molecule has 0 spiro atoms. The Balaban J connectivity index is 3.36. The molecule has 0 aliphatic rings. The van der Waals surface area contributed by atoms with Gasteiger partial charge in [0, 0.05) is 0 Å². The van der Waals surface area contributed by atoms with Crippen molar-refractivity contribution < 1.29 is 23.8 Å². The molecule has 0 unspecified atom stereocenters. The van der Waals surface area contributed by atoms with E-state index in [4.69, 9.17) is 14.2 Å². The minimum atomic E-state index is -0.492. The second-order valence-corrected chi connectivity index (χ2v) is 3.88. The first-order valence-electron chi connectivity index (χ1n) is 4.76. The summed E-state index contributed by atoms with van der Waals surface area (Å²) in [6.45, 7) is 5.89. The van der Waals surface area contributed by atoms with Crippen molar-refractivity contribution in [1.82, 2.24) is 0 Å². The molecule has 0 aliphatic heterocycles. The van der Waals surface area contributed by atoms with Crippen molar-refractivity contribution in [3.63, 3.8) is 0 Å². The Morgan fingerprint density at radius 1 is 1.20 bits per heavy atom. The van der Waals surface area contributed by atoms with Crippen LogP contribution >= 0.6 is 0 Å². The molecule has 15 heavy (non-hydrogen) atoms. The molecule has 0 heterocycles. The highest BCUT2D eigenvalue weighted by molar-refractivity contribution is 5.71. The summed E-state index contributed by atoms with van der Waals surface area (Å²) in [5.74, 6) is -0.405. The van der Waals surface area contributed by atoms with Gasteiger partial charge in [0.2, 0.25) is 0 Å². The standard InChI is InChI=1S/C10H18O5/c1-10(2,3)15-9(12)8-14-7-6-13-5-4-11/h4H,5-8H2,1-3H3. The Kier molecular flexibility index (Phi) is 6.90. The third-order valence-corrected chi connectivity index (χ3v) is 1.20. The van der Waals surface area contributed by atoms with Gasteiger partial charge in [-0.1, -0.05) is 0 Å². The molecule has 0 atom stereocenters. The van der Waals surface area contributed by atoms with Crippen molar-refractivity contribution in [1.29, 1.82) is 0 Å². The maximum Gasteiger partial charge on any atom is 0.332 e. The van der Waals surface area contributed by atoms with Crippen LogP contribution in [-0.2, 0) is 23.8 Å². The Labute approximate surface area is 89.7 Å². The van der Waals surface area contributed by atoms with Gasteiger partial charge >= 0.3 is 5.97 Å². The average molecular weight is 218 g/mol. The molecular formula is C10H18O5. The lowest BCUT2D eigenvalue weighted by atomic mass is 10.2. The Morgan fingerprint density at radius 2 is 1.80 bits per heavy atom.